The van der Waals surface area contributed by atoms with Crippen LogP contribution >= 0.6 is 0 Å². The van der Waals surface area contributed by atoms with Crippen LogP contribution in [0.5, 0.6) is 0 Å². The number of ketones is 1. The van der Waals surface area contributed by atoms with Crippen molar-refractivity contribution >= 4 is 5.78 Å². The Bertz CT molecular complexity index is 179. The third kappa shape index (κ3) is 20.0. The van der Waals surface area contributed by atoms with Gasteiger partial charge in [-0.1, -0.05) is 6.92 Å². The van der Waals surface area contributed by atoms with Gasteiger partial charge in [-0.15, -0.1) is 6.54 Å². The minimum Gasteiger partial charge on any atom is -0.687 e. The summed E-state index contributed by atoms with van der Waals surface area (Å²) in [6, 6.07) is 0. The molecular weight excluding hydrogens is 242 g/mol. The number of rotatable bonds is 5. The molecule has 0 aliphatic rings. The molecule has 0 N–H and O–H groups in total. The summed E-state index contributed by atoms with van der Waals surface area (Å²) in [5, 5.41) is 4.20. The first-order chi connectivity index (χ1) is 6.52. The number of hydrogen-bond acceptors (Lipinski definition) is 2. The Morgan fingerprint density at radius 3 is 2.13 bits per heavy atom. The van der Waals surface area contributed by atoms with E-state index in [0.29, 0.717) is 0 Å². The SMILES string of the molecule is CC(=O)/C=C(/C)[N-]CCN(C)C.[CH2-]C.[Zn]. The number of likely N-dealkylation sites (N-methyl/N-ethyl adjacent to an activating group) is 1. The van der Waals surface area contributed by atoms with E-state index in [0.717, 1.165) is 18.8 Å². The van der Waals surface area contributed by atoms with Gasteiger partial charge in [-0.3, -0.25) is 4.79 Å². The van der Waals surface area contributed by atoms with Crippen molar-refractivity contribution in [2.45, 2.75) is 20.8 Å². The Labute approximate surface area is 107 Å². The van der Waals surface area contributed by atoms with E-state index in [-0.39, 0.29) is 25.3 Å². The van der Waals surface area contributed by atoms with E-state index in [1.165, 1.54) is 6.92 Å². The van der Waals surface area contributed by atoms with Crippen molar-refractivity contribution in [2.24, 2.45) is 0 Å². The van der Waals surface area contributed by atoms with Crippen molar-refractivity contribution in [3.8, 4) is 0 Å². The molecule has 0 spiro atoms. The molecule has 0 heterocycles. The topological polar surface area (TPSA) is 34.4 Å². The molecule has 0 aliphatic carbocycles. The average molecular weight is 264 g/mol. The van der Waals surface area contributed by atoms with Crippen LogP contribution in [-0.4, -0.2) is 37.9 Å². The van der Waals surface area contributed by atoms with E-state index in [4.69, 9.17) is 0 Å². The standard InChI is InChI=1S/C9H18N2O.C2H5.Zn/c1-8(7-9(2)12)10-5-6-11(3)4;1-2;/h7H,5-6H2,1-4H3,(H,10,12);1H2,2H3;/q;-1;/p-1. The minimum absolute atomic E-state index is 0. The second-order valence-corrected chi connectivity index (χ2v) is 3.08. The first kappa shape index (κ1) is 20.2. The van der Waals surface area contributed by atoms with Gasteiger partial charge in [0.15, 0.2) is 5.78 Å². The van der Waals surface area contributed by atoms with Crippen LogP contribution in [0.25, 0.3) is 5.32 Å². The molecule has 0 radical (unpaired) electrons. The van der Waals surface area contributed by atoms with Crippen LogP contribution < -0.4 is 0 Å². The normalized spacial score (nSPS) is 9.93. The third-order valence-electron chi connectivity index (χ3n) is 1.32. The molecular formula is C11H22N2OZn-2. The van der Waals surface area contributed by atoms with E-state index in [1.54, 1.807) is 13.0 Å². The summed E-state index contributed by atoms with van der Waals surface area (Å²) in [6.07, 6.45) is 1.55. The minimum atomic E-state index is 0. The van der Waals surface area contributed by atoms with Gasteiger partial charge in [0, 0.05) is 19.5 Å². The Balaban J connectivity index is -0.000000449. The molecule has 0 bridgehead atoms. The molecule has 86 valence electrons. The summed E-state index contributed by atoms with van der Waals surface area (Å²) < 4.78 is 0. The van der Waals surface area contributed by atoms with Gasteiger partial charge in [-0.05, 0) is 33.6 Å². The van der Waals surface area contributed by atoms with Crippen molar-refractivity contribution in [3.63, 3.8) is 0 Å². The van der Waals surface area contributed by atoms with Crippen molar-refractivity contribution in [2.75, 3.05) is 27.2 Å². The van der Waals surface area contributed by atoms with E-state index in [1.807, 2.05) is 21.0 Å². The largest absolute Gasteiger partial charge is 0.687 e. The number of hydrogen-bond donors (Lipinski definition) is 0. The Hall–Kier alpha value is -0.207. The zero-order valence-electron chi connectivity index (χ0n) is 10.7. The van der Waals surface area contributed by atoms with Crippen LogP contribution in [0.1, 0.15) is 20.8 Å². The molecule has 15 heavy (non-hydrogen) atoms. The molecule has 4 heteroatoms. The molecule has 0 amide bonds. The fraction of sp³-hybridized carbons (Fsp3) is 0.636. The van der Waals surface area contributed by atoms with Gasteiger partial charge in [-0.25, -0.2) is 0 Å². The van der Waals surface area contributed by atoms with Crippen LogP contribution in [0.3, 0.4) is 0 Å². The third-order valence-corrected chi connectivity index (χ3v) is 1.32. The Morgan fingerprint density at radius 1 is 1.33 bits per heavy atom. The monoisotopic (exact) mass is 262 g/mol. The molecule has 0 unspecified atom stereocenters. The molecule has 0 saturated heterocycles. The molecule has 3 nitrogen and oxygen atoms in total. The summed E-state index contributed by atoms with van der Waals surface area (Å²) in [5.74, 6) is 0.0566. The van der Waals surface area contributed by atoms with Gasteiger partial charge in [0.05, 0.1) is 0 Å². The van der Waals surface area contributed by atoms with Gasteiger partial charge in [0.2, 0.25) is 0 Å². The van der Waals surface area contributed by atoms with Gasteiger partial charge < -0.3 is 17.1 Å². The maximum atomic E-state index is 10.6. The second-order valence-electron chi connectivity index (χ2n) is 3.08. The quantitative estimate of drug-likeness (QED) is 0.433. The summed E-state index contributed by atoms with van der Waals surface area (Å²) in [5.41, 5.74) is 0.810. The van der Waals surface area contributed by atoms with Gasteiger partial charge in [-0.2, -0.15) is 12.6 Å². The molecule has 0 saturated carbocycles. The maximum Gasteiger partial charge on any atom is 0.151 e. The molecule has 0 aromatic heterocycles. The number of carbonyl (C=O) groups is 1. The van der Waals surface area contributed by atoms with E-state index in [9.17, 15) is 4.79 Å². The predicted molar refractivity (Wildman–Crippen MR) is 62.2 cm³/mol. The maximum absolute atomic E-state index is 10.6. The zero-order chi connectivity index (χ0) is 11.6. The molecule has 0 aromatic carbocycles. The Morgan fingerprint density at radius 2 is 1.80 bits per heavy atom. The zero-order valence-corrected chi connectivity index (χ0v) is 13.7. The van der Waals surface area contributed by atoms with Crippen molar-refractivity contribution in [1.82, 2.24) is 4.90 Å². The molecule has 0 aliphatic heterocycles. The summed E-state index contributed by atoms with van der Waals surface area (Å²) >= 11 is 0. The molecule has 0 rings (SSSR count). The first-order valence-electron chi connectivity index (χ1n) is 4.74. The van der Waals surface area contributed by atoms with Crippen LogP contribution in [0.15, 0.2) is 11.8 Å². The summed E-state index contributed by atoms with van der Waals surface area (Å²) in [6.45, 7) is 10.0. The van der Waals surface area contributed by atoms with Crippen LogP contribution in [0, 0.1) is 6.92 Å². The van der Waals surface area contributed by atoms with E-state index >= 15 is 0 Å². The molecule has 0 atom stereocenters. The summed E-state index contributed by atoms with van der Waals surface area (Å²) in [7, 11) is 4.00. The van der Waals surface area contributed by atoms with Gasteiger partial charge >= 0.3 is 0 Å². The van der Waals surface area contributed by atoms with Crippen molar-refractivity contribution in [3.05, 3.63) is 24.0 Å². The average Bonchev–Trinajstić information content (AvgIpc) is 2.05. The first-order valence-corrected chi connectivity index (χ1v) is 4.74. The fourth-order valence-electron chi connectivity index (χ4n) is 0.766. The van der Waals surface area contributed by atoms with E-state index < -0.39 is 0 Å². The number of nitrogens with zero attached hydrogens (tertiary/aromatic N) is 2. The molecule has 0 fully saturated rings. The fourth-order valence-corrected chi connectivity index (χ4v) is 0.766. The predicted octanol–water partition coefficient (Wildman–Crippen LogP) is 2.25. The number of allylic oxidation sites excluding steroid dienone is 2. The van der Waals surface area contributed by atoms with Crippen LogP contribution in [0.2, 0.25) is 0 Å². The second kappa shape index (κ2) is 13.8. The van der Waals surface area contributed by atoms with Gasteiger partial charge in [0.25, 0.3) is 0 Å². The van der Waals surface area contributed by atoms with Gasteiger partial charge in [0.1, 0.15) is 0 Å². The van der Waals surface area contributed by atoms with E-state index in [2.05, 4.69) is 17.1 Å². The molecule has 0 aromatic rings. The van der Waals surface area contributed by atoms with Crippen LogP contribution in [-0.2, 0) is 24.3 Å². The Kier molecular flexibility index (Phi) is 18.6. The summed E-state index contributed by atoms with van der Waals surface area (Å²) in [4.78, 5) is 12.7. The van der Waals surface area contributed by atoms with Crippen LogP contribution in [0.4, 0.5) is 0 Å². The van der Waals surface area contributed by atoms with Crippen molar-refractivity contribution in [1.29, 1.82) is 0 Å². The smallest absolute Gasteiger partial charge is 0.151 e. The number of carbonyl (C=O) groups excluding carboxylic acids is 1. The van der Waals surface area contributed by atoms with Crippen molar-refractivity contribution < 1.29 is 24.3 Å².